The fourth-order valence-corrected chi connectivity index (χ4v) is 2.98. The molecule has 1 aliphatic heterocycles. The molecule has 0 radical (unpaired) electrons. The minimum atomic E-state index is -0.837. The predicted molar refractivity (Wildman–Crippen MR) is 86.3 cm³/mol. The second-order valence-corrected chi connectivity index (χ2v) is 5.96. The van der Waals surface area contributed by atoms with Crippen LogP contribution in [-0.4, -0.2) is 42.5 Å². The summed E-state index contributed by atoms with van der Waals surface area (Å²) in [5.41, 5.74) is 2.63. The van der Waals surface area contributed by atoms with Crippen molar-refractivity contribution in [2.24, 2.45) is 0 Å². The first-order chi connectivity index (χ1) is 9.91. The number of ketones is 1. The first kappa shape index (κ1) is 15.4. The molecule has 1 aliphatic rings. The van der Waals surface area contributed by atoms with Gasteiger partial charge in [0.1, 0.15) is 5.82 Å². The van der Waals surface area contributed by atoms with Crippen molar-refractivity contribution in [1.29, 1.82) is 0 Å². The molecular formula is C15H18N2O3S. The number of rotatable bonds is 6. The van der Waals surface area contributed by atoms with Crippen LogP contribution in [0.3, 0.4) is 0 Å². The number of hydrogen-bond acceptors (Lipinski definition) is 5. The summed E-state index contributed by atoms with van der Waals surface area (Å²) in [4.78, 5) is 26.5. The average molecular weight is 306 g/mol. The lowest BCUT2D eigenvalue weighted by Gasteiger charge is -2.15. The van der Waals surface area contributed by atoms with E-state index in [2.05, 4.69) is 6.58 Å². The molecule has 0 amide bonds. The van der Waals surface area contributed by atoms with E-state index < -0.39 is 5.97 Å². The van der Waals surface area contributed by atoms with Crippen LogP contribution in [-0.2, 0) is 4.79 Å². The van der Waals surface area contributed by atoms with E-state index in [4.69, 9.17) is 5.11 Å². The van der Waals surface area contributed by atoms with Gasteiger partial charge >= 0.3 is 5.97 Å². The molecule has 5 nitrogen and oxygen atoms in total. The van der Waals surface area contributed by atoms with Crippen LogP contribution in [0.5, 0.6) is 0 Å². The molecular weight excluding hydrogens is 288 g/mol. The van der Waals surface area contributed by atoms with Crippen molar-refractivity contribution in [3.63, 3.8) is 0 Å². The number of aliphatic carboxylic acids is 1. The molecule has 1 N–H and O–H groups in total. The van der Waals surface area contributed by atoms with Gasteiger partial charge in [-0.25, -0.2) is 0 Å². The minimum absolute atomic E-state index is 0.0155. The molecule has 1 aromatic rings. The van der Waals surface area contributed by atoms with Gasteiger partial charge in [0.05, 0.1) is 23.5 Å². The Balaban J connectivity index is 2.04. The Hall–Kier alpha value is -1.95. The molecule has 0 unspecified atom stereocenters. The average Bonchev–Trinajstić information content (AvgIpc) is 2.68. The maximum atomic E-state index is 12.1. The SMILES string of the molecule is C=C1N(C)c2ccc(C(=O)CSCCC(=O)O)cc2N1C. The summed E-state index contributed by atoms with van der Waals surface area (Å²) in [6, 6.07) is 5.59. The van der Waals surface area contributed by atoms with Crippen LogP contribution in [0.15, 0.2) is 30.6 Å². The molecule has 2 rings (SSSR count). The summed E-state index contributed by atoms with van der Waals surface area (Å²) >= 11 is 1.35. The second kappa shape index (κ2) is 6.22. The van der Waals surface area contributed by atoms with Gasteiger partial charge in [-0.15, -0.1) is 0 Å². The first-order valence-electron chi connectivity index (χ1n) is 6.55. The number of anilines is 2. The van der Waals surface area contributed by atoms with Crippen molar-refractivity contribution >= 4 is 34.9 Å². The van der Waals surface area contributed by atoms with E-state index in [1.807, 2.05) is 42.1 Å². The van der Waals surface area contributed by atoms with E-state index in [0.717, 1.165) is 17.2 Å². The van der Waals surface area contributed by atoms with Crippen molar-refractivity contribution < 1.29 is 14.7 Å². The molecule has 0 spiro atoms. The number of carbonyl (C=O) groups is 2. The Morgan fingerprint density at radius 1 is 1.24 bits per heavy atom. The van der Waals surface area contributed by atoms with Crippen LogP contribution in [0, 0.1) is 0 Å². The molecule has 1 heterocycles. The number of carbonyl (C=O) groups excluding carboxylic acids is 1. The quantitative estimate of drug-likeness (QED) is 0.643. The number of hydrogen-bond donors (Lipinski definition) is 1. The zero-order valence-electron chi connectivity index (χ0n) is 12.1. The summed E-state index contributed by atoms with van der Waals surface area (Å²) < 4.78 is 0. The highest BCUT2D eigenvalue weighted by molar-refractivity contribution is 8.00. The molecule has 0 fully saturated rings. The fraction of sp³-hybridized carbons (Fsp3) is 0.333. The lowest BCUT2D eigenvalue weighted by atomic mass is 10.1. The third-order valence-corrected chi connectivity index (χ3v) is 4.45. The highest BCUT2D eigenvalue weighted by Crippen LogP contribution is 2.39. The molecule has 0 aliphatic carbocycles. The van der Waals surface area contributed by atoms with Crippen LogP contribution < -0.4 is 9.80 Å². The second-order valence-electron chi connectivity index (χ2n) is 4.86. The van der Waals surface area contributed by atoms with Gasteiger partial charge in [0, 0.05) is 25.4 Å². The van der Waals surface area contributed by atoms with Gasteiger partial charge in [-0.3, -0.25) is 9.59 Å². The van der Waals surface area contributed by atoms with Gasteiger partial charge in [0.2, 0.25) is 0 Å². The normalized spacial score (nSPS) is 13.5. The van der Waals surface area contributed by atoms with Crippen molar-refractivity contribution in [3.8, 4) is 0 Å². The molecule has 0 aromatic heterocycles. The van der Waals surface area contributed by atoms with Crippen LogP contribution >= 0.6 is 11.8 Å². The van der Waals surface area contributed by atoms with Crippen molar-refractivity contribution in [3.05, 3.63) is 36.2 Å². The third-order valence-electron chi connectivity index (χ3n) is 3.49. The Bertz CT molecular complexity index is 601. The Morgan fingerprint density at radius 2 is 1.90 bits per heavy atom. The number of benzene rings is 1. The van der Waals surface area contributed by atoms with Gasteiger partial charge in [0.15, 0.2) is 5.78 Å². The first-order valence-corrected chi connectivity index (χ1v) is 7.70. The molecule has 0 saturated carbocycles. The van der Waals surface area contributed by atoms with E-state index in [0.29, 0.717) is 17.1 Å². The number of nitrogens with zero attached hydrogens (tertiary/aromatic N) is 2. The number of fused-ring (bicyclic) bond motifs is 1. The number of carboxylic acid groups (broad SMARTS) is 1. The topological polar surface area (TPSA) is 60.9 Å². The Kier molecular flexibility index (Phi) is 4.57. The maximum Gasteiger partial charge on any atom is 0.304 e. The molecule has 112 valence electrons. The van der Waals surface area contributed by atoms with E-state index in [-0.39, 0.29) is 12.2 Å². The van der Waals surface area contributed by atoms with Gasteiger partial charge in [-0.1, -0.05) is 6.58 Å². The standard InChI is InChI=1S/C15H18N2O3S/c1-10-16(2)12-5-4-11(8-13(12)17(10)3)14(18)9-21-7-6-15(19)20/h4-5,8H,1,6-7,9H2,2-3H3,(H,19,20). The van der Waals surface area contributed by atoms with Crippen LogP contribution in [0.1, 0.15) is 16.8 Å². The monoisotopic (exact) mass is 306 g/mol. The highest BCUT2D eigenvalue weighted by Gasteiger charge is 2.25. The molecule has 1 aromatic carbocycles. The van der Waals surface area contributed by atoms with E-state index in [1.165, 1.54) is 11.8 Å². The lowest BCUT2D eigenvalue weighted by Crippen LogP contribution is -2.20. The maximum absolute atomic E-state index is 12.1. The van der Waals surface area contributed by atoms with Gasteiger partial charge in [-0.2, -0.15) is 11.8 Å². The van der Waals surface area contributed by atoms with Gasteiger partial charge in [-0.05, 0) is 18.2 Å². The summed E-state index contributed by atoms with van der Waals surface area (Å²) in [5, 5.41) is 8.56. The fourth-order valence-electron chi connectivity index (χ4n) is 2.16. The molecule has 0 bridgehead atoms. The largest absolute Gasteiger partial charge is 0.481 e. The van der Waals surface area contributed by atoms with Crippen LogP contribution in [0.2, 0.25) is 0 Å². The number of Topliss-reactive ketones (excluding diaryl/α,β-unsaturated/α-hetero) is 1. The molecule has 6 heteroatoms. The minimum Gasteiger partial charge on any atom is -0.481 e. The summed E-state index contributed by atoms with van der Waals surface area (Å²) in [7, 11) is 3.86. The smallest absolute Gasteiger partial charge is 0.304 e. The Morgan fingerprint density at radius 3 is 2.57 bits per heavy atom. The van der Waals surface area contributed by atoms with Gasteiger partial charge in [0.25, 0.3) is 0 Å². The highest BCUT2D eigenvalue weighted by atomic mass is 32.2. The molecule has 0 atom stereocenters. The van der Waals surface area contributed by atoms with E-state index >= 15 is 0 Å². The zero-order chi connectivity index (χ0) is 15.6. The predicted octanol–water partition coefficient (Wildman–Crippen LogP) is 2.43. The van der Waals surface area contributed by atoms with Crippen molar-refractivity contribution in [2.45, 2.75) is 6.42 Å². The van der Waals surface area contributed by atoms with E-state index in [9.17, 15) is 9.59 Å². The van der Waals surface area contributed by atoms with Gasteiger partial charge < -0.3 is 14.9 Å². The lowest BCUT2D eigenvalue weighted by molar-refractivity contribution is -0.136. The summed E-state index contributed by atoms with van der Waals surface area (Å²) in [6.45, 7) is 3.99. The van der Waals surface area contributed by atoms with Crippen molar-refractivity contribution in [1.82, 2.24) is 0 Å². The molecule has 0 saturated heterocycles. The van der Waals surface area contributed by atoms with Crippen molar-refractivity contribution in [2.75, 3.05) is 35.4 Å². The van der Waals surface area contributed by atoms with Crippen LogP contribution in [0.4, 0.5) is 11.4 Å². The van der Waals surface area contributed by atoms with E-state index in [1.54, 1.807) is 0 Å². The summed E-state index contributed by atoms with van der Waals surface area (Å²) in [6.07, 6.45) is 0.0789. The third kappa shape index (κ3) is 3.21. The Labute approximate surface area is 128 Å². The number of carboxylic acids is 1. The zero-order valence-corrected chi connectivity index (χ0v) is 12.9. The summed E-state index contributed by atoms with van der Waals surface area (Å²) in [5.74, 6) is 0.792. The van der Waals surface area contributed by atoms with Crippen LogP contribution in [0.25, 0.3) is 0 Å². The number of thioether (sulfide) groups is 1. The molecule has 21 heavy (non-hydrogen) atoms.